The van der Waals surface area contributed by atoms with Crippen molar-refractivity contribution in [3.05, 3.63) is 64.7 Å². The van der Waals surface area contributed by atoms with Crippen LogP contribution in [0.15, 0.2) is 53.0 Å². The van der Waals surface area contributed by atoms with Gasteiger partial charge in [-0.05, 0) is 42.3 Å². The van der Waals surface area contributed by atoms with Gasteiger partial charge < -0.3 is 21.7 Å². The summed E-state index contributed by atoms with van der Waals surface area (Å²) in [5.74, 6) is -0.479. The number of nitrogens with zero attached hydrogens (tertiary/aromatic N) is 3. The van der Waals surface area contributed by atoms with Crippen molar-refractivity contribution in [1.29, 1.82) is 0 Å². The van der Waals surface area contributed by atoms with E-state index in [0.29, 0.717) is 54.1 Å². The first-order valence-electron chi connectivity index (χ1n) is 11.9. The monoisotopic (exact) mass is 490 g/mol. The highest BCUT2D eigenvalue weighted by atomic mass is 16.7. The fraction of sp³-hybridized carbons (Fsp3) is 0.308. The summed E-state index contributed by atoms with van der Waals surface area (Å²) in [4.78, 5) is 49.8. The molecule has 2 aliphatic heterocycles. The third-order valence-corrected chi connectivity index (χ3v) is 5.86. The number of benzene rings is 2. The Morgan fingerprint density at radius 3 is 2.67 bits per heavy atom. The minimum absolute atomic E-state index is 0.0174. The second-order valence-electron chi connectivity index (χ2n) is 8.72. The predicted octanol–water partition coefficient (Wildman–Crippen LogP) is 1.99. The maximum Gasteiger partial charge on any atom is 0.273 e. The molecule has 2 aliphatic rings. The minimum Gasteiger partial charge on any atom is -0.399 e. The summed E-state index contributed by atoms with van der Waals surface area (Å²) in [6, 6.07) is 12.3. The van der Waals surface area contributed by atoms with Gasteiger partial charge in [-0.1, -0.05) is 25.1 Å². The Bertz CT molecular complexity index is 1220. The summed E-state index contributed by atoms with van der Waals surface area (Å²) >= 11 is 0. The highest BCUT2D eigenvalue weighted by Crippen LogP contribution is 2.29. The molecule has 0 aliphatic carbocycles. The third kappa shape index (κ3) is 5.89. The predicted molar refractivity (Wildman–Crippen MR) is 137 cm³/mol. The van der Waals surface area contributed by atoms with Gasteiger partial charge in [0.05, 0.1) is 12.2 Å². The van der Waals surface area contributed by atoms with Crippen molar-refractivity contribution in [2.45, 2.75) is 26.4 Å². The number of amides is 3. The summed E-state index contributed by atoms with van der Waals surface area (Å²) in [5, 5.41) is 4.05. The minimum atomic E-state index is -0.294. The molecule has 1 saturated heterocycles. The summed E-state index contributed by atoms with van der Waals surface area (Å²) in [7, 11) is 0. The molecule has 1 fully saturated rings. The van der Waals surface area contributed by atoms with Gasteiger partial charge in [-0.15, -0.1) is 0 Å². The van der Waals surface area contributed by atoms with Gasteiger partial charge >= 0.3 is 0 Å². The smallest absolute Gasteiger partial charge is 0.273 e. The second kappa shape index (κ2) is 11.0. The largest absolute Gasteiger partial charge is 0.399 e. The van der Waals surface area contributed by atoms with Crippen LogP contribution in [0.2, 0.25) is 0 Å². The molecule has 0 bridgehead atoms. The van der Waals surface area contributed by atoms with E-state index >= 15 is 0 Å². The molecule has 0 aromatic heterocycles. The molecule has 0 saturated carbocycles. The standard InChI is InChI=1S/C26H30N6O4/c1-2-10-32(36-16-17-3-7-21(27)8-4-17)26(35)20-12-18-5-6-19(13-22(18)30-23(28)14-20)25(34)31-11-9-29-24(33)15-31/h3-8,12-13H,2,9-11,14-16,27H2,1H3,(H2,28,30)(H,29,33). The number of nitrogen functional groups attached to an aromatic ring is 1. The van der Waals surface area contributed by atoms with Gasteiger partial charge in [0.2, 0.25) is 5.91 Å². The van der Waals surface area contributed by atoms with Crippen molar-refractivity contribution in [2.75, 3.05) is 31.9 Å². The van der Waals surface area contributed by atoms with Gasteiger partial charge in [0.15, 0.2) is 0 Å². The van der Waals surface area contributed by atoms with E-state index in [0.717, 1.165) is 5.56 Å². The van der Waals surface area contributed by atoms with E-state index in [4.69, 9.17) is 16.3 Å². The van der Waals surface area contributed by atoms with E-state index in [-0.39, 0.29) is 43.1 Å². The Kier molecular flexibility index (Phi) is 7.65. The molecule has 10 heteroatoms. The molecule has 188 valence electrons. The van der Waals surface area contributed by atoms with Crippen molar-refractivity contribution in [2.24, 2.45) is 10.7 Å². The quantitative estimate of drug-likeness (QED) is 0.400. The van der Waals surface area contributed by atoms with Crippen LogP contribution < -0.4 is 16.8 Å². The number of rotatable bonds is 7. The molecule has 3 amide bonds. The average Bonchev–Trinajstić information content (AvgIpc) is 3.04. The molecular formula is C26H30N6O4. The first-order chi connectivity index (χ1) is 17.3. The molecule has 2 aromatic carbocycles. The van der Waals surface area contributed by atoms with Gasteiger partial charge in [0, 0.05) is 48.4 Å². The number of fused-ring (bicyclic) bond motifs is 1. The number of piperazine rings is 1. The number of carbonyl (C=O) groups is 3. The number of anilines is 1. The molecule has 0 radical (unpaired) electrons. The summed E-state index contributed by atoms with van der Waals surface area (Å²) in [6.07, 6.45) is 2.59. The highest BCUT2D eigenvalue weighted by molar-refractivity contribution is 6.06. The van der Waals surface area contributed by atoms with E-state index in [2.05, 4.69) is 10.3 Å². The first-order valence-corrected chi connectivity index (χ1v) is 11.9. The van der Waals surface area contributed by atoms with E-state index in [1.165, 1.54) is 9.96 Å². The second-order valence-corrected chi connectivity index (χ2v) is 8.72. The van der Waals surface area contributed by atoms with E-state index in [9.17, 15) is 14.4 Å². The number of hydrogen-bond acceptors (Lipinski definition) is 7. The number of hydrogen-bond donors (Lipinski definition) is 3. The molecule has 2 aromatic rings. The van der Waals surface area contributed by atoms with E-state index in [1.807, 2.05) is 19.1 Å². The van der Waals surface area contributed by atoms with Crippen LogP contribution in [0.5, 0.6) is 0 Å². The van der Waals surface area contributed by atoms with Crippen molar-refractivity contribution >= 4 is 41.0 Å². The van der Waals surface area contributed by atoms with Crippen LogP contribution in [-0.2, 0) is 21.0 Å². The Morgan fingerprint density at radius 2 is 1.94 bits per heavy atom. The zero-order valence-corrected chi connectivity index (χ0v) is 20.2. The van der Waals surface area contributed by atoms with E-state index in [1.54, 1.807) is 36.4 Å². The third-order valence-electron chi connectivity index (χ3n) is 5.86. The van der Waals surface area contributed by atoms with Crippen LogP contribution in [0.25, 0.3) is 6.08 Å². The van der Waals surface area contributed by atoms with Gasteiger partial charge in [-0.25, -0.2) is 10.1 Å². The molecule has 0 unspecified atom stereocenters. The van der Waals surface area contributed by atoms with Crippen LogP contribution >= 0.6 is 0 Å². The summed E-state index contributed by atoms with van der Waals surface area (Å²) in [5.41, 5.74) is 15.4. The summed E-state index contributed by atoms with van der Waals surface area (Å²) < 4.78 is 0. The number of aliphatic imine (C=N–C) groups is 1. The van der Waals surface area contributed by atoms with Crippen molar-refractivity contribution < 1.29 is 19.2 Å². The molecule has 4 rings (SSSR count). The lowest BCUT2D eigenvalue weighted by atomic mass is 10.0. The van der Waals surface area contributed by atoms with Crippen molar-refractivity contribution in [1.82, 2.24) is 15.3 Å². The van der Waals surface area contributed by atoms with Gasteiger partial charge in [0.25, 0.3) is 11.8 Å². The summed E-state index contributed by atoms with van der Waals surface area (Å²) in [6.45, 7) is 3.47. The Balaban J connectivity index is 1.54. The van der Waals surface area contributed by atoms with Crippen molar-refractivity contribution in [3.8, 4) is 0 Å². The fourth-order valence-corrected chi connectivity index (χ4v) is 4.01. The topological polar surface area (TPSA) is 143 Å². The lowest BCUT2D eigenvalue weighted by Gasteiger charge is -2.26. The number of hydroxylamine groups is 2. The molecule has 0 spiro atoms. The Labute approximate surface area is 209 Å². The van der Waals surface area contributed by atoms with E-state index < -0.39 is 0 Å². The average molecular weight is 491 g/mol. The molecule has 10 nitrogen and oxygen atoms in total. The molecular weight excluding hydrogens is 460 g/mol. The first kappa shape index (κ1) is 24.9. The fourth-order valence-electron chi connectivity index (χ4n) is 4.01. The van der Waals surface area contributed by atoms with Crippen LogP contribution in [0.1, 0.15) is 41.3 Å². The van der Waals surface area contributed by atoms with Crippen molar-refractivity contribution in [3.63, 3.8) is 0 Å². The van der Waals surface area contributed by atoms with Gasteiger partial charge in [-0.3, -0.25) is 19.2 Å². The Morgan fingerprint density at radius 1 is 1.17 bits per heavy atom. The maximum atomic E-state index is 13.4. The van der Waals surface area contributed by atoms with Crippen LogP contribution in [0, 0.1) is 0 Å². The zero-order valence-electron chi connectivity index (χ0n) is 20.2. The molecule has 2 heterocycles. The SMILES string of the molecule is CCCN(OCc1ccc(N)cc1)C(=O)C1=Cc2ccc(C(=O)N3CCNC(=O)C3)cc2N=C(N)C1. The number of amidine groups is 1. The molecule has 5 N–H and O–H groups in total. The normalized spacial score (nSPS) is 15.2. The molecule has 36 heavy (non-hydrogen) atoms. The maximum absolute atomic E-state index is 13.4. The van der Waals surface area contributed by atoms with Gasteiger partial charge in [0.1, 0.15) is 12.4 Å². The number of nitrogens with two attached hydrogens (primary N) is 2. The molecule has 0 atom stereocenters. The lowest BCUT2D eigenvalue weighted by molar-refractivity contribution is -0.187. The highest BCUT2D eigenvalue weighted by Gasteiger charge is 2.25. The van der Waals surface area contributed by atoms with Crippen LogP contribution in [0.4, 0.5) is 11.4 Å². The van der Waals surface area contributed by atoms with Crippen LogP contribution in [-0.4, -0.2) is 59.7 Å². The zero-order chi connectivity index (χ0) is 25.7. The van der Waals surface area contributed by atoms with Crippen LogP contribution in [0.3, 0.4) is 0 Å². The Hall–Kier alpha value is -4.18. The lowest BCUT2D eigenvalue weighted by Crippen LogP contribution is -2.49. The van der Waals surface area contributed by atoms with Gasteiger partial charge in [-0.2, -0.15) is 0 Å². The number of nitrogens with one attached hydrogen (secondary N) is 1. The number of carbonyl (C=O) groups excluding carboxylic acids is 3.